The smallest absolute Gasteiger partial charge is 0.133 e. The van der Waals surface area contributed by atoms with Gasteiger partial charge in [0.25, 0.3) is 0 Å². The van der Waals surface area contributed by atoms with Gasteiger partial charge in [0.15, 0.2) is 0 Å². The molecule has 0 N–H and O–H groups in total. The van der Waals surface area contributed by atoms with Crippen molar-refractivity contribution < 1.29 is 4.79 Å². The van der Waals surface area contributed by atoms with Gasteiger partial charge < -0.3 is 0 Å². The summed E-state index contributed by atoms with van der Waals surface area (Å²) in [5.74, 6) is 1.31. The Balaban J connectivity index is 2.46. The van der Waals surface area contributed by atoms with Crippen molar-refractivity contribution in [2.45, 2.75) is 59.3 Å². The second-order valence-corrected chi connectivity index (χ2v) is 4.91. The molecule has 1 nitrogen and oxygen atoms in total. The Labute approximate surface area is 81.9 Å². The van der Waals surface area contributed by atoms with Crippen molar-refractivity contribution in [3.05, 3.63) is 0 Å². The van der Waals surface area contributed by atoms with Crippen LogP contribution in [-0.4, -0.2) is 5.78 Å². The number of hydrogen-bond acceptors (Lipinski definition) is 1. The maximum Gasteiger partial charge on any atom is 0.133 e. The zero-order chi connectivity index (χ0) is 9.90. The van der Waals surface area contributed by atoms with E-state index in [2.05, 4.69) is 20.8 Å². The summed E-state index contributed by atoms with van der Waals surface area (Å²) in [6.07, 6.45) is 6.58. The fraction of sp³-hybridized carbons (Fsp3) is 0.917. The number of Topliss-reactive ketones (excluding diaryl/α,β-unsaturated/α-hetero) is 1. The molecule has 0 amide bonds. The lowest BCUT2D eigenvalue weighted by atomic mass is 9.78. The Morgan fingerprint density at radius 1 is 1.38 bits per heavy atom. The molecule has 0 aromatic heterocycles. The second kappa shape index (κ2) is 4.26. The summed E-state index contributed by atoms with van der Waals surface area (Å²) in [6, 6.07) is 0. The quantitative estimate of drug-likeness (QED) is 0.649. The van der Waals surface area contributed by atoms with Crippen LogP contribution in [0.3, 0.4) is 0 Å². The first-order valence-corrected chi connectivity index (χ1v) is 5.61. The van der Waals surface area contributed by atoms with Crippen LogP contribution in [0.2, 0.25) is 0 Å². The summed E-state index contributed by atoms with van der Waals surface area (Å²) >= 11 is 0. The van der Waals surface area contributed by atoms with Crippen LogP contribution in [0.15, 0.2) is 0 Å². The highest BCUT2D eigenvalue weighted by molar-refractivity contribution is 5.81. The van der Waals surface area contributed by atoms with Crippen molar-refractivity contribution in [1.29, 1.82) is 0 Å². The van der Waals surface area contributed by atoms with E-state index in [9.17, 15) is 4.79 Å². The van der Waals surface area contributed by atoms with Crippen LogP contribution in [0.25, 0.3) is 0 Å². The molecule has 13 heavy (non-hydrogen) atoms. The molecule has 0 aromatic rings. The molecule has 1 heteroatoms. The largest absolute Gasteiger partial charge is 0.300 e. The van der Waals surface area contributed by atoms with E-state index in [0.717, 1.165) is 25.2 Å². The molecule has 76 valence electrons. The molecule has 1 saturated carbocycles. The zero-order valence-electron chi connectivity index (χ0n) is 9.23. The molecule has 1 aliphatic rings. The molecule has 1 atom stereocenters. The highest BCUT2D eigenvalue weighted by Crippen LogP contribution is 2.42. The molecule has 0 radical (unpaired) electrons. The minimum Gasteiger partial charge on any atom is -0.300 e. The minimum atomic E-state index is 0.341. The van der Waals surface area contributed by atoms with Gasteiger partial charge in [0.1, 0.15) is 5.78 Å². The SMILES string of the molecule is CCC(CC)CC1(C)CCC(=O)C1. The molecular weight excluding hydrogens is 160 g/mol. The first-order chi connectivity index (χ1) is 6.09. The third-order valence-electron chi connectivity index (χ3n) is 3.57. The highest BCUT2D eigenvalue weighted by atomic mass is 16.1. The van der Waals surface area contributed by atoms with Crippen LogP contribution in [0, 0.1) is 11.3 Å². The first kappa shape index (κ1) is 10.7. The molecule has 0 saturated heterocycles. The Morgan fingerprint density at radius 3 is 2.38 bits per heavy atom. The minimum absolute atomic E-state index is 0.341. The lowest BCUT2D eigenvalue weighted by Gasteiger charge is -2.27. The van der Waals surface area contributed by atoms with Crippen molar-refractivity contribution >= 4 is 5.78 Å². The monoisotopic (exact) mass is 182 g/mol. The van der Waals surface area contributed by atoms with E-state index in [1.165, 1.54) is 19.3 Å². The summed E-state index contributed by atoms with van der Waals surface area (Å²) in [5.41, 5.74) is 0.341. The maximum atomic E-state index is 11.2. The van der Waals surface area contributed by atoms with Gasteiger partial charge in [-0.2, -0.15) is 0 Å². The van der Waals surface area contributed by atoms with Gasteiger partial charge in [0.05, 0.1) is 0 Å². The Kier molecular flexibility index (Phi) is 3.52. The van der Waals surface area contributed by atoms with Crippen LogP contribution >= 0.6 is 0 Å². The number of ketones is 1. The fourth-order valence-electron chi connectivity index (χ4n) is 2.54. The molecule has 0 aliphatic heterocycles. The molecular formula is C12H22O. The van der Waals surface area contributed by atoms with Gasteiger partial charge in [0.2, 0.25) is 0 Å². The summed E-state index contributed by atoms with van der Waals surface area (Å²) in [6.45, 7) is 6.80. The summed E-state index contributed by atoms with van der Waals surface area (Å²) < 4.78 is 0. The van der Waals surface area contributed by atoms with E-state index in [1.54, 1.807) is 0 Å². The van der Waals surface area contributed by atoms with Crippen molar-refractivity contribution in [2.75, 3.05) is 0 Å². The molecule has 1 rings (SSSR count). The Morgan fingerprint density at radius 2 is 2.00 bits per heavy atom. The predicted molar refractivity (Wildman–Crippen MR) is 55.7 cm³/mol. The van der Waals surface area contributed by atoms with Gasteiger partial charge in [-0.3, -0.25) is 4.79 Å². The fourth-order valence-corrected chi connectivity index (χ4v) is 2.54. The molecule has 1 unspecified atom stereocenters. The average Bonchev–Trinajstić information content (AvgIpc) is 2.43. The third kappa shape index (κ3) is 2.82. The van der Waals surface area contributed by atoms with Crippen molar-refractivity contribution in [3.63, 3.8) is 0 Å². The van der Waals surface area contributed by atoms with Gasteiger partial charge in [0, 0.05) is 12.8 Å². The Hall–Kier alpha value is -0.330. The normalized spacial score (nSPS) is 28.8. The van der Waals surface area contributed by atoms with E-state index in [1.807, 2.05) is 0 Å². The molecule has 1 aliphatic carbocycles. The maximum absolute atomic E-state index is 11.2. The third-order valence-corrected chi connectivity index (χ3v) is 3.57. The predicted octanol–water partition coefficient (Wildman–Crippen LogP) is 3.57. The average molecular weight is 182 g/mol. The standard InChI is InChI=1S/C12H22O/c1-4-10(5-2)8-12(3)7-6-11(13)9-12/h10H,4-9H2,1-3H3. The highest BCUT2D eigenvalue weighted by Gasteiger charge is 2.34. The van der Waals surface area contributed by atoms with Gasteiger partial charge in [-0.15, -0.1) is 0 Å². The second-order valence-electron chi connectivity index (χ2n) is 4.91. The number of rotatable bonds is 4. The zero-order valence-corrected chi connectivity index (χ0v) is 9.23. The lowest BCUT2D eigenvalue weighted by Crippen LogP contribution is -2.17. The van der Waals surface area contributed by atoms with E-state index in [-0.39, 0.29) is 0 Å². The van der Waals surface area contributed by atoms with Crippen molar-refractivity contribution in [1.82, 2.24) is 0 Å². The molecule has 0 bridgehead atoms. The Bertz CT molecular complexity index is 182. The number of carbonyl (C=O) groups excluding carboxylic acids is 1. The molecule has 1 fully saturated rings. The summed E-state index contributed by atoms with van der Waals surface area (Å²) in [5, 5.41) is 0. The van der Waals surface area contributed by atoms with Gasteiger partial charge in [-0.25, -0.2) is 0 Å². The van der Waals surface area contributed by atoms with Crippen LogP contribution in [0.4, 0.5) is 0 Å². The molecule has 0 heterocycles. The summed E-state index contributed by atoms with van der Waals surface area (Å²) in [4.78, 5) is 11.2. The van der Waals surface area contributed by atoms with Gasteiger partial charge >= 0.3 is 0 Å². The lowest BCUT2D eigenvalue weighted by molar-refractivity contribution is -0.118. The topological polar surface area (TPSA) is 17.1 Å². The number of carbonyl (C=O) groups is 1. The van der Waals surface area contributed by atoms with E-state index < -0.39 is 0 Å². The van der Waals surface area contributed by atoms with Gasteiger partial charge in [-0.05, 0) is 24.2 Å². The molecule has 0 spiro atoms. The first-order valence-electron chi connectivity index (χ1n) is 5.61. The van der Waals surface area contributed by atoms with E-state index in [0.29, 0.717) is 11.2 Å². The van der Waals surface area contributed by atoms with Crippen LogP contribution in [-0.2, 0) is 4.79 Å². The number of hydrogen-bond donors (Lipinski definition) is 0. The van der Waals surface area contributed by atoms with E-state index in [4.69, 9.17) is 0 Å². The van der Waals surface area contributed by atoms with Crippen LogP contribution < -0.4 is 0 Å². The van der Waals surface area contributed by atoms with Crippen molar-refractivity contribution in [3.8, 4) is 0 Å². The van der Waals surface area contributed by atoms with E-state index >= 15 is 0 Å². The van der Waals surface area contributed by atoms with Crippen LogP contribution in [0.5, 0.6) is 0 Å². The molecule has 0 aromatic carbocycles. The van der Waals surface area contributed by atoms with Crippen molar-refractivity contribution in [2.24, 2.45) is 11.3 Å². The van der Waals surface area contributed by atoms with Crippen LogP contribution in [0.1, 0.15) is 59.3 Å². The summed E-state index contributed by atoms with van der Waals surface area (Å²) in [7, 11) is 0. The van der Waals surface area contributed by atoms with Gasteiger partial charge in [-0.1, -0.05) is 33.6 Å².